The van der Waals surface area contributed by atoms with Crippen LogP contribution in [0.25, 0.3) is 0 Å². The van der Waals surface area contributed by atoms with Gasteiger partial charge in [-0.2, -0.15) is 0 Å². The van der Waals surface area contributed by atoms with E-state index in [9.17, 15) is 24.0 Å². The molecule has 0 saturated carbocycles. The summed E-state index contributed by atoms with van der Waals surface area (Å²) in [5.74, 6) is -1.94. The normalized spacial score (nSPS) is 16.2. The molecule has 2 amide bonds. The van der Waals surface area contributed by atoms with Gasteiger partial charge in [-0.3, -0.25) is 14.4 Å². The van der Waals surface area contributed by atoms with Gasteiger partial charge in [0.15, 0.2) is 0 Å². The molecule has 8 rings (SSSR count). The number of amides is 2. The van der Waals surface area contributed by atoms with Crippen LogP contribution in [0.15, 0.2) is 182 Å². The van der Waals surface area contributed by atoms with Gasteiger partial charge in [0, 0.05) is 52.8 Å². The van der Waals surface area contributed by atoms with Crippen LogP contribution in [0.5, 0.6) is 0 Å². The number of rotatable bonds is 12. The summed E-state index contributed by atoms with van der Waals surface area (Å²) < 4.78 is 9.92. The number of benzene rings is 6. The Morgan fingerprint density at radius 3 is 1.27 bits per heavy atom. The van der Waals surface area contributed by atoms with Crippen molar-refractivity contribution >= 4 is 38.5 Å². The number of esters is 2. The van der Waals surface area contributed by atoms with Crippen LogP contribution >= 0.6 is 0 Å². The first-order valence-corrected chi connectivity index (χ1v) is 22.4. The van der Waals surface area contributed by atoms with E-state index in [1.165, 1.54) is 19.8 Å². The van der Waals surface area contributed by atoms with E-state index in [0.717, 1.165) is 41.2 Å². The first-order valence-electron chi connectivity index (χ1n) is 22.4. The van der Waals surface area contributed by atoms with E-state index in [1.54, 1.807) is 21.9 Å². The van der Waals surface area contributed by atoms with Crippen molar-refractivity contribution in [1.29, 1.82) is 5.26 Å². The Morgan fingerprint density at radius 2 is 0.930 bits per heavy atom. The Labute approximate surface area is 441 Å². The minimum Gasteiger partial charge on any atom is -0.512 e. The zero-order chi connectivity index (χ0) is 50.0. The molecule has 3 radical (unpaired) electrons. The zero-order valence-corrected chi connectivity index (χ0v) is 42.7. The fraction of sp³-hybridized carbons (Fsp3) is 0.250. The monoisotopic (exact) mass is 964 g/mol. The van der Waals surface area contributed by atoms with Gasteiger partial charge in [0.1, 0.15) is 18.4 Å². The third-order valence-corrected chi connectivity index (χ3v) is 11.5. The summed E-state index contributed by atoms with van der Waals surface area (Å²) in [6.07, 6.45) is 1.79. The number of ether oxygens (including phenoxy) is 2. The average Bonchev–Trinajstić information content (AvgIpc) is 4.05. The predicted molar refractivity (Wildman–Crippen MR) is 269 cm³/mol. The van der Waals surface area contributed by atoms with Crippen LogP contribution in [0, 0.1) is 11.8 Å². The van der Waals surface area contributed by atoms with Gasteiger partial charge in [0.25, 0.3) is 0 Å². The first kappa shape index (κ1) is 60.4. The van der Waals surface area contributed by atoms with Crippen LogP contribution in [0.4, 0.5) is 0 Å². The number of carbonyl (C=O) groups is 5. The maximum atomic E-state index is 13.9. The first-order chi connectivity index (χ1) is 33.7. The van der Waals surface area contributed by atoms with Crippen molar-refractivity contribution in [2.75, 3.05) is 34.4 Å². The molecule has 0 spiro atoms. The van der Waals surface area contributed by atoms with Crippen molar-refractivity contribution in [2.24, 2.45) is 5.73 Å². The summed E-state index contributed by atoms with van der Waals surface area (Å²) in [5, 5.41) is 16.8. The van der Waals surface area contributed by atoms with E-state index < -0.39 is 29.9 Å². The smallest absolute Gasteiger partial charge is 0.512 e. The van der Waals surface area contributed by atoms with Gasteiger partial charge in [-0.1, -0.05) is 182 Å². The van der Waals surface area contributed by atoms with Crippen LogP contribution in [-0.2, 0) is 35.2 Å². The fourth-order valence-corrected chi connectivity index (χ4v) is 8.32. The summed E-state index contributed by atoms with van der Waals surface area (Å²) in [7, 11) is 3.71. The molecule has 0 unspecified atom stereocenters. The molecule has 6 aromatic carbocycles. The van der Waals surface area contributed by atoms with Crippen LogP contribution in [-0.4, -0.2) is 112 Å². The Balaban J connectivity index is 0.000000394. The predicted octanol–water partition coefficient (Wildman–Crippen LogP) is 3.50. The van der Waals surface area contributed by atoms with Gasteiger partial charge in [-0.25, -0.2) is 9.59 Å². The Morgan fingerprint density at radius 1 is 0.606 bits per heavy atom. The third-order valence-electron chi connectivity index (χ3n) is 11.5. The number of methoxy groups -OCH3 is 2. The molecule has 4 N–H and O–H groups in total. The fourth-order valence-electron chi connectivity index (χ4n) is 8.32. The summed E-state index contributed by atoms with van der Waals surface area (Å²) in [4.78, 5) is 65.2. The number of aliphatic hydroxyl groups is 1. The second-order valence-corrected chi connectivity index (χ2v) is 15.9. The van der Waals surface area contributed by atoms with Gasteiger partial charge in [0.2, 0.25) is 11.8 Å². The van der Waals surface area contributed by atoms with Crippen molar-refractivity contribution < 1.29 is 68.1 Å². The second-order valence-electron chi connectivity index (χ2n) is 15.9. The van der Waals surface area contributed by atoms with Gasteiger partial charge in [0.05, 0.1) is 26.1 Å². The number of aliphatic hydroxyl groups excluding tert-OH is 1. The molecule has 2 heterocycles. The minimum absolute atomic E-state index is 0. The number of hydrogen-bond acceptors (Lipinski definition) is 11. The second kappa shape index (κ2) is 33.0. The Kier molecular flexibility index (Phi) is 28.1. The third kappa shape index (κ3) is 17.6. The Bertz CT molecular complexity index is 2400. The van der Waals surface area contributed by atoms with Crippen molar-refractivity contribution in [2.45, 2.75) is 55.4 Å². The molecule has 0 bridgehead atoms. The molecule has 6 aromatic rings. The SMILES string of the molecule is CO.COC(=O)[C@@H]1C[C@H](N)CN1C(=O)C(c1ccccc1)c1ccccc1.COC(=O)[C@@H]1C[C@H](NCc2ccccc2)CN1C(=O)C(c1ccccc1)c1ccccc1.O=Cc1ccccc1.[B].[C-]#N.[Na+]. The number of hydrogen-bond donors (Lipinski definition) is 3. The molecule has 2 fully saturated rings. The minimum atomic E-state index is -0.623. The molecule has 0 aromatic heterocycles. The number of nitrogens with one attached hydrogen (secondary N) is 1. The number of carbonyl (C=O) groups excluding carboxylic acids is 5. The van der Waals surface area contributed by atoms with Crippen molar-refractivity contribution in [3.05, 3.63) is 222 Å². The van der Waals surface area contributed by atoms with E-state index in [4.69, 9.17) is 32.1 Å². The van der Waals surface area contributed by atoms with Gasteiger partial charge in [-0.05, 0) is 40.7 Å². The van der Waals surface area contributed by atoms with Crippen molar-refractivity contribution in [1.82, 2.24) is 15.1 Å². The van der Waals surface area contributed by atoms with E-state index in [-0.39, 0.29) is 67.8 Å². The van der Waals surface area contributed by atoms with E-state index in [1.807, 2.05) is 158 Å². The van der Waals surface area contributed by atoms with Crippen LogP contribution < -0.4 is 40.6 Å². The zero-order valence-electron chi connectivity index (χ0n) is 40.7. The number of likely N-dealkylation sites (tertiary alicyclic amines) is 2. The molecule has 0 aliphatic carbocycles. The van der Waals surface area contributed by atoms with Crippen LogP contribution in [0.2, 0.25) is 0 Å². The quantitative estimate of drug-likeness (QED) is 0.0705. The number of nitrogens with zero attached hydrogens (tertiary/aromatic N) is 3. The molecule has 2 aliphatic heterocycles. The van der Waals surface area contributed by atoms with Crippen LogP contribution in [0.1, 0.15) is 62.9 Å². The molecular weight excluding hydrogens is 904 g/mol. The van der Waals surface area contributed by atoms with Gasteiger partial charge < -0.3 is 47.3 Å². The van der Waals surface area contributed by atoms with Crippen molar-refractivity contribution in [3.63, 3.8) is 0 Å². The molecular formula is C56H60BN5NaO8. The summed E-state index contributed by atoms with van der Waals surface area (Å²) in [6.45, 7) is 6.25. The van der Waals surface area contributed by atoms with Crippen LogP contribution in [0.3, 0.4) is 0 Å². The van der Waals surface area contributed by atoms with Crippen molar-refractivity contribution in [3.8, 4) is 0 Å². The molecule has 15 heteroatoms. The molecule has 71 heavy (non-hydrogen) atoms. The summed E-state index contributed by atoms with van der Waals surface area (Å²) in [5.41, 5.74) is 11.5. The van der Waals surface area contributed by atoms with Gasteiger partial charge in [-0.15, -0.1) is 0 Å². The largest absolute Gasteiger partial charge is 1.00 e. The molecule has 2 saturated heterocycles. The van der Waals surface area contributed by atoms with E-state index in [2.05, 4.69) is 17.4 Å². The van der Waals surface area contributed by atoms with Gasteiger partial charge >= 0.3 is 41.5 Å². The average molecular weight is 965 g/mol. The maximum Gasteiger partial charge on any atom is 1.00 e. The topological polar surface area (TPSA) is 192 Å². The Hall–Kier alpha value is -6.70. The number of aldehydes is 1. The molecule has 13 nitrogen and oxygen atoms in total. The molecule has 2 aliphatic rings. The molecule has 361 valence electrons. The summed E-state index contributed by atoms with van der Waals surface area (Å²) in [6, 6.07) is 56.4. The number of nitrogens with two attached hydrogens (primary N) is 1. The standard InChI is InChI=1S/C27H28N2O3.C20H22N2O3.C7H6O.CN.CH4O.B.Na/c1-32-27(31)24-17-23(28-18-20-11-5-2-6-12-20)19-29(24)26(30)25(21-13-7-3-8-14-21)22-15-9-4-10-16-22;1-25-20(24)17-12-16(21)13-22(17)19(23)18(14-8-4-2-5-9-14)15-10-6-3-7-11-15;8-6-7-4-2-1-3-5-7;2*1-2;;/h2-16,23-25,28H,17-19H2,1H3;2-11,16-18H,12-13,21H2,1H3;1-6H;;2H,1H3;;/q;;;-1;;;+1/t23-,24-;16-,17-;;;;;/m00...../s1. The molecule has 4 atom stereocenters. The maximum absolute atomic E-state index is 13.9. The van der Waals surface area contributed by atoms with E-state index in [0.29, 0.717) is 32.5 Å². The summed E-state index contributed by atoms with van der Waals surface area (Å²) >= 11 is 0. The van der Waals surface area contributed by atoms with E-state index >= 15 is 0 Å².